The molecule has 0 radical (unpaired) electrons. The summed E-state index contributed by atoms with van der Waals surface area (Å²) in [6.07, 6.45) is 8.46. The van der Waals surface area contributed by atoms with Crippen LogP contribution in [-0.4, -0.2) is 40.5 Å². The van der Waals surface area contributed by atoms with Crippen LogP contribution in [0.1, 0.15) is 16.8 Å². The van der Waals surface area contributed by atoms with Gasteiger partial charge in [0, 0.05) is 36.8 Å². The first-order chi connectivity index (χ1) is 14.9. The number of fused-ring (bicyclic) bond motifs is 1. The van der Waals surface area contributed by atoms with E-state index in [4.69, 9.17) is 0 Å². The van der Waals surface area contributed by atoms with Gasteiger partial charge in [0.15, 0.2) is 0 Å². The van der Waals surface area contributed by atoms with Gasteiger partial charge in [0.1, 0.15) is 16.6 Å². The molecule has 0 fully saturated rings. The topological polar surface area (TPSA) is 104 Å². The van der Waals surface area contributed by atoms with E-state index in [-0.39, 0.29) is 10.5 Å². The lowest BCUT2D eigenvalue weighted by Crippen LogP contribution is -2.22. The van der Waals surface area contributed by atoms with Gasteiger partial charge in [-0.1, -0.05) is 18.2 Å². The average Bonchev–Trinajstić information content (AvgIpc) is 3.21. The normalized spacial score (nSPS) is 11.6. The van der Waals surface area contributed by atoms with Crippen molar-refractivity contribution in [2.45, 2.75) is 11.8 Å². The molecule has 31 heavy (non-hydrogen) atoms. The minimum atomic E-state index is -3.97. The Hall–Kier alpha value is -4.03. The second kappa shape index (κ2) is 8.01. The van der Waals surface area contributed by atoms with Crippen molar-refractivity contribution in [3.8, 4) is 17.2 Å². The van der Waals surface area contributed by atoms with Crippen molar-refractivity contribution in [3.63, 3.8) is 0 Å². The van der Waals surface area contributed by atoms with Gasteiger partial charge in [-0.05, 0) is 36.8 Å². The summed E-state index contributed by atoms with van der Waals surface area (Å²) in [5.74, 6) is 0. The van der Waals surface area contributed by atoms with Crippen LogP contribution in [0.3, 0.4) is 0 Å². The monoisotopic (exact) mass is 430 g/mol. The molecule has 3 aromatic heterocycles. The van der Waals surface area contributed by atoms with E-state index in [2.05, 4.69) is 15.1 Å². The number of aryl methyl sites for hydroxylation is 1. The molecule has 0 aliphatic rings. The molecule has 4 rings (SSSR count). The van der Waals surface area contributed by atoms with Crippen molar-refractivity contribution in [2.24, 2.45) is 5.10 Å². The Morgan fingerprint density at radius 2 is 1.97 bits per heavy atom. The smallest absolute Gasteiger partial charge is 0.280 e. The van der Waals surface area contributed by atoms with E-state index in [9.17, 15) is 13.7 Å². The fourth-order valence-electron chi connectivity index (χ4n) is 3.19. The predicted octanol–water partition coefficient (Wildman–Crippen LogP) is 3.23. The number of hydrogen-bond donors (Lipinski definition) is 0. The van der Waals surface area contributed by atoms with Crippen LogP contribution < -0.4 is 0 Å². The largest absolute Gasteiger partial charge is 0.298 e. The molecule has 3 heterocycles. The number of hydrogen-bond acceptors (Lipinski definition) is 6. The molecule has 9 heteroatoms. The number of pyridine rings is 2. The minimum Gasteiger partial charge on any atom is -0.298 e. The maximum Gasteiger partial charge on any atom is 0.280 e. The van der Waals surface area contributed by atoms with Crippen LogP contribution >= 0.6 is 0 Å². The number of benzene rings is 1. The van der Waals surface area contributed by atoms with Gasteiger partial charge in [-0.2, -0.15) is 23.2 Å². The molecule has 0 unspecified atom stereocenters. The third kappa shape index (κ3) is 3.76. The highest BCUT2D eigenvalue weighted by Gasteiger charge is 2.22. The maximum atomic E-state index is 12.9. The first kappa shape index (κ1) is 20.3. The Morgan fingerprint density at radius 3 is 2.71 bits per heavy atom. The number of nitrogens with zero attached hydrogens (tertiary/aromatic N) is 6. The van der Waals surface area contributed by atoms with Gasteiger partial charge in [0.2, 0.25) is 0 Å². The molecule has 154 valence electrons. The maximum absolute atomic E-state index is 12.9. The fraction of sp³-hybridized carbons (Fsp3) is 0.0909. The lowest BCUT2D eigenvalue weighted by Gasteiger charge is -2.14. The zero-order valence-electron chi connectivity index (χ0n) is 16.8. The number of nitriles is 1. The average molecular weight is 430 g/mol. The molecule has 0 aliphatic carbocycles. The van der Waals surface area contributed by atoms with Crippen molar-refractivity contribution < 1.29 is 8.42 Å². The first-order valence-electron chi connectivity index (χ1n) is 9.32. The van der Waals surface area contributed by atoms with Crippen LogP contribution in [-0.2, 0) is 10.0 Å². The molecule has 0 N–H and O–H groups in total. The van der Waals surface area contributed by atoms with E-state index in [1.165, 1.54) is 25.4 Å². The van der Waals surface area contributed by atoms with Crippen LogP contribution in [0.2, 0.25) is 0 Å². The molecule has 8 nitrogen and oxygen atoms in total. The van der Waals surface area contributed by atoms with Crippen LogP contribution in [0.4, 0.5) is 0 Å². The first-order valence-corrected chi connectivity index (χ1v) is 10.8. The van der Waals surface area contributed by atoms with Gasteiger partial charge in [0.25, 0.3) is 10.0 Å². The summed E-state index contributed by atoms with van der Waals surface area (Å²) in [5.41, 5.74) is 4.29. The highest BCUT2D eigenvalue weighted by Crippen LogP contribution is 2.23. The molecule has 4 aromatic rings. The molecule has 0 atom stereocenters. The molecule has 0 saturated carbocycles. The van der Waals surface area contributed by atoms with Gasteiger partial charge in [-0.25, -0.2) is 4.98 Å². The Labute approximate surface area is 179 Å². The minimum absolute atomic E-state index is 0.0658. The summed E-state index contributed by atoms with van der Waals surface area (Å²) in [7, 11) is -2.64. The second-order valence-corrected chi connectivity index (χ2v) is 8.74. The lowest BCUT2D eigenvalue weighted by atomic mass is 10.1. The van der Waals surface area contributed by atoms with Gasteiger partial charge in [0.05, 0.1) is 23.7 Å². The van der Waals surface area contributed by atoms with Crippen molar-refractivity contribution >= 4 is 21.9 Å². The van der Waals surface area contributed by atoms with E-state index in [1.54, 1.807) is 30.7 Å². The summed E-state index contributed by atoms with van der Waals surface area (Å²) in [5, 5.41) is 13.3. The van der Waals surface area contributed by atoms with Crippen molar-refractivity contribution in [3.05, 3.63) is 84.1 Å². The van der Waals surface area contributed by atoms with Crippen molar-refractivity contribution in [1.29, 1.82) is 5.26 Å². The summed E-state index contributed by atoms with van der Waals surface area (Å²) in [6.45, 7) is 1.96. The van der Waals surface area contributed by atoms with Gasteiger partial charge in [-0.15, -0.1) is 0 Å². The van der Waals surface area contributed by atoms with Crippen LogP contribution in [0.5, 0.6) is 0 Å². The Kier molecular flexibility index (Phi) is 5.23. The standard InChI is InChI=1S/C22H18N6O2S/c1-16-10-19(18-7-5-9-24-12-18)15-28-20(13-25-22(16)28)14-26-27(2)31(29,30)21-8-4-3-6-17(21)11-23/h3-10,12-15H,1-2H3/b26-14+. The summed E-state index contributed by atoms with van der Waals surface area (Å²) in [4.78, 5) is 8.49. The van der Waals surface area contributed by atoms with Gasteiger partial charge in [-0.3, -0.25) is 9.38 Å². The Bertz CT molecular complexity index is 1440. The van der Waals surface area contributed by atoms with E-state index in [0.717, 1.165) is 26.8 Å². The second-order valence-electron chi connectivity index (χ2n) is 6.82. The Balaban J connectivity index is 1.71. The summed E-state index contributed by atoms with van der Waals surface area (Å²) < 4.78 is 28.4. The van der Waals surface area contributed by atoms with Gasteiger partial charge >= 0.3 is 0 Å². The van der Waals surface area contributed by atoms with E-state index < -0.39 is 10.0 Å². The Morgan fingerprint density at radius 1 is 1.16 bits per heavy atom. The van der Waals surface area contributed by atoms with Crippen molar-refractivity contribution in [2.75, 3.05) is 7.05 Å². The van der Waals surface area contributed by atoms with E-state index in [0.29, 0.717) is 5.69 Å². The van der Waals surface area contributed by atoms with Gasteiger partial charge < -0.3 is 0 Å². The molecule has 0 amide bonds. The number of aromatic nitrogens is 3. The zero-order valence-corrected chi connectivity index (χ0v) is 17.7. The molecule has 0 spiro atoms. The van der Waals surface area contributed by atoms with Crippen LogP contribution in [0.25, 0.3) is 16.8 Å². The van der Waals surface area contributed by atoms with Crippen LogP contribution in [0, 0.1) is 18.3 Å². The number of imidazole rings is 1. The molecule has 0 bridgehead atoms. The number of rotatable bonds is 5. The summed E-state index contributed by atoms with van der Waals surface area (Å²) in [6, 6.07) is 13.8. The lowest BCUT2D eigenvalue weighted by molar-refractivity contribution is 0.490. The molecule has 1 aromatic carbocycles. The molecule has 0 saturated heterocycles. The van der Waals surface area contributed by atoms with Crippen LogP contribution in [0.15, 0.2) is 77.2 Å². The van der Waals surface area contributed by atoms with Crippen molar-refractivity contribution in [1.82, 2.24) is 18.8 Å². The van der Waals surface area contributed by atoms with E-state index in [1.807, 2.05) is 41.8 Å². The van der Waals surface area contributed by atoms with E-state index >= 15 is 0 Å². The predicted molar refractivity (Wildman–Crippen MR) is 117 cm³/mol. The fourth-order valence-corrected chi connectivity index (χ4v) is 4.29. The third-order valence-corrected chi connectivity index (χ3v) is 6.50. The molecule has 0 aliphatic heterocycles. The third-order valence-electron chi connectivity index (χ3n) is 4.80. The summed E-state index contributed by atoms with van der Waals surface area (Å²) >= 11 is 0. The zero-order chi connectivity index (χ0) is 22.0. The molecular weight excluding hydrogens is 412 g/mol. The number of sulfonamides is 1. The highest BCUT2D eigenvalue weighted by atomic mass is 32.2. The number of hydrazone groups is 1. The highest BCUT2D eigenvalue weighted by molar-refractivity contribution is 7.89. The quantitative estimate of drug-likeness (QED) is 0.357. The SMILES string of the molecule is Cc1cc(-c2cccnc2)cn2c(/C=N/N(C)S(=O)(=O)c3ccccc3C#N)cnc12. The molecular formula is C22H18N6O2S.